The van der Waals surface area contributed by atoms with Crippen LogP contribution in [-0.2, 0) is 0 Å². The van der Waals surface area contributed by atoms with Gasteiger partial charge < -0.3 is 4.74 Å². The summed E-state index contributed by atoms with van der Waals surface area (Å²) in [5.41, 5.74) is 0.240. The molecule has 2 rings (SSSR count). The Balaban J connectivity index is 2.59. The van der Waals surface area contributed by atoms with Crippen LogP contribution < -0.4 is 4.74 Å². The number of fused-ring (bicyclic) bond motifs is 1. The van der Waals surface area contributed by atoms with E-state index < -0.39 is 11.9 Å². The van der Waals surface area contributed by atoms with E-state index in [1.165, 1.54) is 18.2 Å². The second-order valence-electron chi connectivity index (χ2n) is 3.34. The Morgan fingerprint density at radius 3 is 2.65 bits per heavy atom. The molecule has 0 saturated heterocycles. The smallest absolute Gasteiger partial charge is 0.387 e. The van der Waals surface area contributed by atoms with Crippen LogP contribution in [0.15, 0.2) is 36.4 Å². The lowest BCUT2D eigenvalue weighted by Crippen LogP contribution is -2.02. The minimum Gasteiger partial charge on any atom is -0.434 e. The molecule has 0 amide bonds. The number of carbonyl (C=O) groups excluding carboxylic acids is 1. The molecule has 0 bridgehead atoms. The zero-order valence-electron chi connectivity index (χ0n) is 8.49. The first-order valence-electron chi connectivity index (χ1n) is 4.75. The quantitative estimate of drug-likeness (QED) is 0.781. The van der Waals surface area contributed by atoms with Gasteiger partial charge in [0.1, 0.15) is 5.75 Å². The number of ether oxygens (including phenoxy) is 1. The van der Waals surface area contributed by atoms with E-state index in [2.05, 4.69) is 4.74 Å². The number of benzene rings is 2. The van der Waals surface area contributed by atoms with Crippen LogP contribution in [0.25, 0.3) is 10.8 Å². The minimum absolute atomic E-state index is 0.0252. The van der Waals surface area contributed by atoms with Crippen molar-refractivity contribution in [2.75, 3.05) is 0 Å². The van der Waals surface area contributed by atoms with Crippen LogP contribution in [0.2, 0.25) is 0 Å². The van der Waals surface area contributed by atoms with Crippen LogP contribution in [0, 0.1) is 0 Å². The summed E-state index contributed by atoms with van der Waals surface area (Å²) in [6.07, 6.45) is 0. The largest absolute Gasteiger partial charge is 0.434 e. The van der Waals surface area contributed by atoms with Crippen molar-refractivity contribution in [1.82, 2.24) is 0 Å². The van der Waals surface area contributed by atoms with Crippen LogP contribution in [0.1, 0.15) is 10.4 Å². The molecule has 0 unspecified atom stereocenters. The Labute approximate surface area is 101 Å². The molecule has 0 N–H and O–H groups in total. The summed E-state index contributed by atoms with van der Waals surface area (Å²) in [5, 5.41) is 0.489. The molecule has 0 aliphatic heterocycles. The average molecular weight is 257 g/mol. The Morgan fingerprint density at radius 1 is 1.24 bits per heavy atom. The summed E-state index contributed by atoms with van der Waals surface area (Å²) in [6, 6.07) is 9.34. The van der Waals surface area contributed by atoms with Gasteiger partial charge in [-0.05, 0) is 35.2 Å². The van der Waals surface area contributed by atoms with Crippen molar-refractivity contribution >= 4 is 27.6 Å². The summed E-state index contributed by atoms with van der Waals surface area (Å²) in [4.78, 5) is 11.0. The van der Waals surface area contributed by atoms with E-state index in [0.29, 0.717) is 10.8 Å². The summed E-state index contributed by atoms with van der Waals surface area (Å²) in [7, 11) is 0. The number of alkyl halides is 2. The van der Waals surface area contributed by atoms with Gasteiger partial charge >= 0.3 is 6.61 Å². The molecule has 5 heteroatoms. The standard InChI is InChI=1S/C12H7ClF2O2/c13-11(16)8-5-4-7-2-1-3-10(9(7)6-8)17-12(14)15/h1-6,12H. The summed E-state index contributed by atoms with van der Waals surface area (Å²) < 4.78 is 28.8. The number of carbonyl (C=O) groups is 1. The number of hydrogen-bond acceptors (Lipinski definition) is 2. The second kappa shape index (κ2) is 4.67. The highest BCUT2D eigenvalue weighted by atomic mass is 35.5. The van der Waals surface area contributed by atoms with E-state index in [-0.39, 0.29) is 11.3 Å². The van der Waals surface area contributed by atoms with Crippen LogP contribution in [0.3, 0.4) is 0 Å². The summed E-state index contributed by atoms with van der Waals surface area (Å²) >= 11 is 5.33. The van der Waals surface area contributed by atoms with Gasteiger partial charge in [0.15, 0.2) is 0 Å². The number of rotatable bonds is 3. The van der Waals surface area contributed by atoms with Crippen molar-refractivity contribution in [1.29, 1.82) is 0 Å². The van der Waals surface area contributed by atoms with E-state index in [9.17, 15) is 13.6 Å². The van der Waals surface area contributed by atoms with Crippen LogP contribution in [0.4, 0.5) is 8.78 Å². The van der Waals surface area contributed by atoms with Crippen LogP contribution >= 0.6 is 11.6 Å². The van der Waals surface area contributed by atoms with Gasteiger partial charge in [0.25, 0.3) is 5.24 Å². The van der Waals surface area contributed by atoms with E-state index >= 15 is 0 Å². The third-order valence-corrected chi connectivity index (χ3v) is 2.50. The van der Waals surface area contributed by atoms with E-state index in [1.54, 1.807) is 18.2 Å². The van der Waals surface area contributed by atoms with Gasteiger partial charge in [-0.25, -0.2) is 0 Å². The predicted molar refractivity (Wildman–Crippen MR) is 60.8 cm³/mol. The van der Waals surface area contributed by atoms with Gasteiger partial charge in [0.2, 0.25) is 0 Å². The molecule has 2 aromatic carbocycles. The lowest BCUT2D eigenvalue weighted by atomic mass is 10.1. The first-order valence-corrected chi connectivity index (χ1v) is 5.13. The topological polar surface area (TPSA) is 26.3 Å². The Hall–Kier alpha value is -1.68. The monoisotopic (exact) mass is 256 g/mol. The lowest BCUT2D eigenvalue weighted by Gasteiger charge is -2.08. The molecule has 0 fully saturated rings. The van der Waals surface area contributed by atoms with Gasteiger partial charge in [-0.1, -0.05) is 18.2 Å². The summed E-state index contributed by atoms with van der Waals surface area (Å²) in [5.74, 6) is 0.0252. The maximum absolute atomic E-state index is 12.2. The van der Waals surface area contributed by atoms with Crippen molar-refractivity contribution in [3.8, 4) is 5.75 Å². The number of halogens is 3. The Bertz CT molecular complexity index is 569. The molecular weight excluding hydrogens is 250 g/mol. The highest BCUT2D eigenvalue weighted by Gasteiger charge is 2.10. The van der Waals surface area contributed by atoms with Crippen molar-refractivity contribution < 1.29 is 18.3 Å². The normalized spacial score (nSPS) is 10.8. The van der Waals surface area contributed by atoms with Gasteiger partial charge in [0.05, 0.1) is 0 Å². The van der Waals surface area contributed by atoms with E-state index in [1.807, 2.05) is 0 Å². The highest BCUT2D eigenvalue weighted by Crippen LogP contribution is 2.28. The van der Waals surface area contributed by atoms with E-state index in [0.717, 1.165) is 0 Å². The summed E-state index contributed by atoms with van der Waals surface area (Å²) in [6.45, 7) is -2.91. The van der Waals surface area contributed by atoms with Crippen molar-refractivity contribution in [2.45, 2.75) is 6.61 Å². The average Bonchev–Trinajstić information content (AvgIpc) is 2.28. The molecule has 0 saturated carbocycles. The van der Waals surface area contributed by atoms with Gasteiger partial charge in [-0.2, -0.15) is 8.78 Å². The molecule has 0 spiro atoms. The zero-order valence-corrected chi connectivity index (χ0v) is 9.25. The van der Waals surface area contributed by atoms with Crippen LogP contribution in [0.5, 0.6) is 5.75 Å². The maximum atomic E-state index is 12.2. The first kappa shape index (κ1) is 11.8. The van der Waals surface area contributed by atoms with Gasteiger partial charge in [0, 0.05) is 10.9 Å². The molecule has 88 valence electrons. The predicted octanol–water partition coefficient (Wildman–Crippen LogP) is 3.82. The number of hydrogen-bond donors (Lipinski definition) is 0. The molecule has 17 heavy (non-hydrogen) atoms. The molecule has 0 aliphatic carbocycles. The molecule has 2 nitrogen and oxygen atoms in total. The van der Waals surface area contributed by atoms with Gasteiger partial charge in [-0.15, -0.1) is 0 Å². The fourth-order valence-corrected chi connectivity index (χ4v) is 1.68. The minimum atomic E-state index is -2.91. The lowest BCUT2D eigenvalue weighted by molar-refractivity contribution is -0.0487. The van der Waals surface area contributed by atoms with Crippen molar-refractivity contribution in [2.24, 2.45) is 0 Å². The molecule has 0 heterocycles. The molecular formula is C12H7ClF2O2. The SMILES string of the molecule is O=C(Cl)c1ccc2cccc(OC(F)F)c2c1. The first-order chi connectivity index (χ1) is 8.08. The maximum Gasteiger partial charge on any atom is 0.387 e. The van der Waals surface area contributed by atoms with E-state index in [4.69, 9.17) is 11.6 Å². The highest BCUT2D eigenvalue weighted by molar-refractivity contribution is 6.67. The molecule has 0 aromatic heterocycles. The molecule has 0 atom stereocenters. The van der Waals surface area contributed by atoms with Crippen molar-refractivity contribution in [3.05, 3.63) is 42.0 Å². The third kappa shape index (κ3) is 2.53. The fourth-order valence-electron chi connectivity index (χ4n) is 1.56. The fraction of sp³-hybridized carbons (Fsp3) is 0.0833. The Kier molecular flexibility index (Phi) is 3.24. The molecule has 0 radical (unpaired) electrons. The van der Waals surface area contributed by atoms with Crippen LogP contribution in [-0.4, -0.2) is 11.9 Å². The molecule has 0 aliphatic rings. The van der Waals surface area contributed by atoms with Gasteiger partial charge in [-0.3, -0.25) is 4.79 Å². The Morgan fingerprint density at radius 2 is 2.00 bits per heavy atom. The second-order valence-corrected chi connectivity index (χ2v) is 3.69. The zero-order chi connectivity index (χ0) is 12.4. The third-order valence-electron chi connectivity index (χ3n) is 2.29. The van der Waals surface area contributed by atoms with Crippen molar-refractivity contribution in [3.63, 3.8) is 0 Å². The molecule has 2 aromatic rings.